The number of hydrogen-bond donors (Lipinski definition) is 1. The molecule has 1 aromatic carbocycles. The molecule has 26 heavy (non-hydrogen) atoms. The minimum Gasteiger partial charge on any atom is -0.432 e. The van der Waals surface area contributed by atoms with Crippen molar-refractivity contribution in [3.05, 3.63) is 29.0 Å². The average Bonchev–Trinajstić information content (AvgIpc) is 2.97. The normalized spacial score (nSPS) is 15.0. The lowest BCUT2D eigenvalue weighted by Crippen LogP contribution is -2.34. The van der Waals surface area contributed by atoms with Gasteiger partial charge in [0.2, 0.25) is 0 Å². The van der Waals surface area contributed by atoms with Crippen LogP contribution in [0.2, 0.25) is 0 Å². The molecule has 140 valence electrons. The molecule has 0 aliphatic carbocycles. The van der Waals surface area contributed by atoms with Crippen molar-refractivity contribution in [2.75, 3.05) is 33.4 Å². The second-order valence-electron chi connectivity index (χ2n) is 6.01. The zero-order valence-corrected chi connectivity index (χ0v) is 15.3. The Morgan fingerprint density at radius 2 is 2.08 bits per heavy atom. The van der Waals surface area contributed by atoms with Crippen molar-refractivity contribution < 1.29 is 23.8 Å². The van der Waals surface area contributed by atoms with E-state index >= 15 is 0 Å². The summed E-state index contributed by atoms with van der Waals surface area (Å²) in [5.74, 6) is 0. The van der Waals surface area contributed by atoms with Crippen molar-refractivity contribution >= 4 is 35.4 Å². The number of ether oxygens (including phenoxy) is 3. The first-order chi connectivity index (χ1) is 12.6. The molecule has 0 saturated carbocycles. The molecule has 0 unspecified atom stereocenters. The van der Waals surface area contributed by atoms with E-state index in [1.165, 1.54) is 9.47 Å². The van der Waals surface area contributed by atoms with Gasteiger partial charge in [0.25, 0.3) is 0 Å². The monoisotopic (exact) mass is 379 g/mol. The van der Waals surface area contributed by atoms with Gasteiger partial charge in [-0.3, -0.25) is 0 Å². The van der Waals surface area contributed by atoms with Crippen LogP contribution in [0, 0.1) is 4.77 Å². The van der Waals surface area contributed by atoms with Gasteiger partial charge in [0.15, 0.2) is 4.77 Å². The molecule has 1 aromatic heterocycles. The molecule has 1 aliphatic heterocycles. The van der Waals surface area contributed by atoms with Crippen molar-refractivity contribution in [2.24, 2.45) is 0 Å². The number of imidazole rings is 1. The van der Waals surface area contributed by atoms with Crippen LogP contribution in [0.4, 0.5) is 9.59 Å². The van der Waals surface area contributed by atoms with E-state index in [2.05, 4.69) is 4.98 Å². The maximum Gasteiger partial charge on any atom is 0.508 e. The molecule has 0 radical (unpaired) electrons. The van der Waals surface area contributed by atoms with Crippen LogP contribution in [-0.4, -0.2) is 66.2 Å². The molecular formula is C17H21N3O5S. The molecule has 8 nitrogen and oxygen atoms in total. The second-order valence-corrected chi connectivity index (χ2v) is 6.40. The lowest BCUT2D eigenvalue weighted by molar-refractivity contribution is -0.0283. The van der Waals surface area contributed by atoms with Gasteiger partial charge >= 0.3 is 12.2 Å². The Kier molecular flexibility index (Phi) is 5.89. The van der Waals surface area contributed by atoms with Crippen LogP contribution in [0.15, 0.2) is 24.3 Å². The van der Waals surface area contributed by atoms with Gasteiger partial charge in [-0.05, 0) is 24.4 Å². The molecule has 0 atom stereocenters. The van der Waals surface area contributed by atoms with Gasteiger partial charge in [-0.1, -0.05) is 12.1 Å². The SMILES string of the molecule is CN(CCOC(=O)OC1CCOCC1)C(=O)n1c(=S)[nH]c2ccccc21. The molecule has 1 amide bonds. The lowest BCUT2D eigenvalue weighted by atomic mass is 10.2. The number of carbonyl (C=O) groups excluding carboxylic acids is 2. The van der Waals surface area contributed by atoms with Gasteiger partial charge in [0, 0.05) is 19.9 Å². The summed E-state index contributed by atoms with van der Waals surface area (Å²) in [5.41, 5.74) is 1.49. The maximum absolute atomic E-state index is 12.6. The number of rotatable bonds is 4. The smallest absolute Gasteiger partial charge is 0.432 e. The summed E-state index contributed by atoms with van der Waals surface area (Å²) in [5, 5.41) is 0. The quantitative estimate of drug-likeness (QED) is 0.649. The van der Waals surface area contributed by atoms with E-state index in [1.807, 2.05) is 24.3 Å². The first-order valence-electron chi connectivity index (χ1n) is 8.42. The van der Waals surface area contributed by atoms with Gasteiger partial charge < -0.3 is 24.1 Å². The summed E-state index contributed by atoms with van der Waals surface area (Å²) in [6, 6.07) is 7.07. The van der Waals surface area contributed by atoms with E-state index < -0.39 is 6.16 Å². The Labute approximate surface area is 155 Å². The minimum atomic E-state index is -0.721. The number of carbonyl (C=O) groups is 2. The largest absolute Gasteiger partial charge is 0.508 e. The number of likely N-dealkylation sites (N-methyl/N-ethyl adjacent to an activating group) is 1. The standard InChI is InChI=1S/C17H21N3O5S/c1-19(8-11-24-17(22)25-12-6-9-23-10-7-12)16(21)20-14-5-3-2-4-13(14)18-15(20)26/h2-5,12H,6-11H2,1H3,(H,18,26). The van der Waals surface area contributed by atoms with Crippen LogP contribution in [0.3, 0.4) is 0 Å². The van der Waals surface area contributed by atoms with Crippen LogP contribution in [0.25, 0.3) is 11.0 Å². The van der Waals surface area contributed by atoms with E-state index in [0.717, 1.165) is 5.52 Å². The third-order valence-electron chi connectivity index (χ3n) is 4.19. The van der Waals surface area contributed by atoms with Crippen LogP contribution < -0.4 is 0 Å². The van der Waals surface area contributed by atoms with E-state index in [-0.39, 0.29) is 25.3 Å². The summed E-state index contributed by atoms with van der Waals surface area (Å²) in [6.45, 7) is 1.43. The van der Waals surface area contributed by atoms with Gasteiger partial charge in [0.1, 0.15) is 12.7 Å². The Morgan fingerprint density at radius 3 is 2.85 bits per heavy atom. The predicted octanol–water partition coefficient (Wildman–Crippen LogP) is 2.93. The van der Waals surface area contributed by atoms with Crippen molar-refractivity contribution in [3.8, 4) is 0 Å². The third kappa shape index (κ3) is 4.23. The summed E-state index contributed by atoms with van der Waals surface area (Å²) in [4.78, 5) is 28.8. The highest BCUT2D eigenvalue weighted by molar-refractivity contribution is 7.71. The highest BCUT2D eigenvalue weighted by Crippen LogP contribution is 2.14. The third-order valence-corrected chi connectivity index (χ3v) is 4.47. The van der Waals surface area contributed by atoms with Gasteiger partial charge in [-0.2, -0.15) is 0 Å². The minimum absolute atomic E-state index is 0.0416. The van der Waals surface area contributed by atoms with E-state index in [0.29, 0.717) is 36.3 Å². The molecule has 1 fully saturated rings. The highest BCUT2D eigenvalue weighted by Gasteiger charge is 2.20. The zero-order valence-electron chi connectivity index (χ0n) is 14.5. The Hall–Kier alpha value is -2.39. The number of nitrogens with one attached hydrogen (secondary N) is 1. The van der Waals surface area contributed by atoms with Crippen molar-refractivity contribution in [1.29, 1.82) is 0 Å². The summed E-state index contributed by atoms with van der Waals surface area (Å²) < 4.78 is 17.2. The molecule has 0 spiro atoms. The number of hydrogen-bond acceptors (Lipinski definition) is 6. The van der Waals surface area contributed by atoms with E-state index in [9.17, 15) is 9.59 Å². The highest BCUT2D eigenvalue weighted by atomic mass is 32.1. The molecule has 1 aliphatic rings. The summed E-state index contributed by atoms with van der Waals surface area (Å²) in [6.07, 6.45) is 0.458. The lowest BCUT2D eigenvalue weighted by Gasteiger charge is -2.22. The van der Waals surface area contributed by atoms with E-state index in [4.69, 9.17) is 26.4 Å². The number of para-hydroxylation sites is 2. The Bertz CT molecular complexity index is 840. The number of fused-ring (bicyclic) bond motifs is 1. The number of benzene rings is 1. The summed E-state index contributed by atoms with van der Waals surface area (Å²) in [7, 11) is 1.62. The molecule has 1 N–H and O–H groups in total. The molecule has 3 rings (SSSR count). The molecule has 0 bridgehead atoms. The van der Waals surface area contributed by atoms with Crippen molar-refractivity contribution in [2.45, 2.75) is 18.9 Å². The van der Waals surface area contributed by atoms with Gasteiger partial charge in [-0.25, -0.2) is 14.2 Å². The van der Waals surface area contributed by atoms with Crippen molar-refractivity contribution in [1.82, 2.24) is 14.5 Å². The Morgan fingerprint density at radius 1 is 1.35 bits per heavy atom. The van der Waals surface area contributed by atoms with Crippen molar-refractivity contribution in [3.63, 3.8) is 0 Å². The summed E-state index contributed by atoms with van der Waals surface area (Å²) >= 11 is 5.24. The number of nitrogens with zero attached hydrogens (tertiary/aromatic N) is 2. The fourth-order valence-electron chi connectivity index (χ4n) is 2.74. The van der Waals surface area contributed by atoms with Crippen LogP contribution in [0.5, 0.6) is 0 Å². The molecule has 9 heteroatoms. The first-order valence-corrected chi connectivity index (χ1v) is 8.83. The number of amides is 1. The van der Waals surface area contributed by atoms with E-state index in [1.54, 1.807) is 7.05 Å². The topological polar surface area (TPSA) is 85.8 Å². The van der Waals surface area contributed by atoms with Crippen LogP contribution in [-0.2, 0) is 14.2 Å². The number of aromatic nitrogens is 2. The van der Waals surface area contributed by atoms with Gasteiger partial charge in [0.05, 0.1) is 30.8 Å². The Balaban J connectivity index is 1.52. The predicted molar refractivity (Wildman–Crippen MR) is 96.8 cm³/mol. The van der Waals surface area contributed by atoms with Crippen LogP contribution in [0.1, 0.15) is 12.8 Å². The van der Waals surface area contributed by atoms with Crippen LogP contribution >= 0.6 is 12.2 Å². The first kappa shape index (κ1) is 18.4. The molecular weight excluding hydrogens is 358 g/mol. The molecule has 2 aromatic rings. The fraction of sp³-hybridized carbons (Fsp3) is 0.471. The maximum atomic E-state index is 12.6. The van der Waals surface area contributed by atoms with Gasteiger partial charge in [-0.15, -0.1) is 0 Å². The zero-order chi connectivity index (χ0) is 18.5. The molecule has 1 saturated heterocycles. The molecule has 2 heterocycles. The number of aromatic amines is 1. The number of H-pyrrole nitrogens is 1. The average molecular weight is 379 g/mol. The second kappa shape index (κ2) is 8.33. The fourth-order valence-corrected chi connectivity index (χ4v) is 3.03.